The lowest BCUT2D eigenvalue weighted by molar-refractivity contribution is 0.341. The van der Waals surface area contributed by atoms with Crippen LogP contribution in [0.5, 0.6) is 0 Å². The number of piperazine rings is 1. The van der Waals surface area contributed by atoms with Crippen LogP contribution < -0.4 is 5.32 Å². The van der Waals surface area contributed by atoms with E-state index >= 15 is 0 Å². The van der Waals surface area contributed by atoms with Crippen LogP contribution in [0, 0.1) is 0 Å². The quantitative estimate of drug-likeness (QED) is 0.860. The van der Waals surface area contributed by atoms with E-state index in [4.69, 9.17) is 0 Å². The van der Waals surface area contributed by atoms with E-state index in [0.717, 1.165) is 31.9 Å². The predicted octanol–water partition coefficient (Wildman–Crippen LogP) is 2.86. The van der Waals surface area contributed by atoms with Gasteiger partial charge in [0, 0.05) is 31.9 Å². The molecule has 98 valence electrons. The summed E-state index contributed by atoms with van der Waals surface area (Å²) in [6, 6.07) is 8.85. The molecule has 0 radical (unpaired) electrons. The van der Waals surface area contributed by atoms with Crippen LogP contribution in [-0.2, 0) is 5.41 Å². The summed E-state index contributed by atoms with van der Waals surface area (Å²) < 4.78 is 0. The average Bonchev–Trinajstić information content (AvgIpc) is 2.38. The number of nitrogens with zero attached hydrogens (tertiary/aromatic N) is 1. The number of nitrogens with one attached hydrogen (secondary N) is 1. The van der Waals surface area contributed by atoms with Gasteiger partial charge < -0.3 is 10.2 Å². The van der Waals surface area contributed by atoms with Crippen molar-refractivity contribution in [2.45, 2.75) is 26.2 Å². The molecule has 2 heteroatoms. The van der Waals surface area contributed by atoms with Crippen molar-refractivity contribution in [1.29, 1.82) is 0 Å². The van der Waals surface area contributed by atoms with Crippen molar-refractivity contribution in [3.05, 3.63) is 42.0 Å². The molecule has 18 heavy (non-hydrogen) atoms. The first kappa shape index (κ1) is 13.2. The third kappa shape index (κ3) is 2.94. The van der Waals surface area contributed by atoms with Crippen LogP contribution in [0.15, 0.2) is 30.8 Å². The highest BCUT2D eigenvalue weighted by Gasteiger charge is 2.15. The highest BCUT2D eigenvalue weighted by molar-refractivity contribution is 5.62. The van der Waals surface area contributed by atoms with Crippen molar-refractivity contribution in [1.82, 2.24) is 10.2 Å². The molecule has 2 rings (SSSR count). The van der Waals surface area contributed by atoms with Crippen molar-refractivity contribution >= 4 is 5.70 Å². The molecule has 0 aromatic heterocycles. The zero-order valence-electron chi connectivity index (χ0n) is 11.8. The van der Waals surface area contributed by atoms with Crippen LogP contribution in [0.1, 0.15) is 31.9 Å². The summed E-state index contributed by atoms with van der Waals surface area (Å²) >= 11 is 0. The highest BCUT2D eigenvalue weighted by atomic mass is 15.2. The molecule has 1 aromatic carbocycles. The SMILES string of the molecule is C=C(c1ccc(C(C)(C)C)cc1)N1CCNCC1. The molecule has 1 heterocycles. The fraction of sp³-hybridized carbons (Fsp3) is 0.500. The van der Waals surface area contributed by atoms with Crippen LogP contribution in [0.2, 0.25) is 0 Å². The largest absolute Gasteiger partial charge is 0.369 e. The molecular weight excluding hydrogens is 220 g/mol. The summed E-state index contributed by atoms with van der Waals surface area (Å²) in [5.41, 5.74) is 3.98. The molecule has 0 amide bonds. The van der Waals surface area contributed by atoms with Gasteiger partial charge in [-0.2, -0.15) is 0 Å². The van der Waals surface area contributed by atoms with E-state index in [2.05, 4.69) is 61.8 Å². The third-order valence-electron chi connectivity index (χ3n) is 3.58. The molecule has 0 spiro atoms. The molecule has 1 aliphatic heterocycles. The highest BCUT2D eigenvalue weighted by Crippen LogP contribution is 2.25. The maximum absolute atomic E-state index is 4.24. The summed E-state index contributed by atoms with van der Waals surface area (Å²) in [4.78, 5) is 2.36. The Bertz CT molecular complexity index is 406. The molecule has 0 unspecified atom stereocenters. The Morgan fingerprint density at radius 3 is 2.17 bits per heavy atom. The Kier molecular flexibility index (Phi) is 3.76. The van der Waals surface area contributed by atoms with Crippen LogP contribution in [-0.4, -0.2) is 31.1 Å². The van der Waals surface area contributed by atoms with Gasteiger partial charge in [0.1, 0.15) is 0 Å². The number of hydrogen-bond donors (Lipinski definition) is 1. The van der Waals surface area contributed by atoms with E-state index < -0.39 is 0 Å². The maximum atomic E-state index is 4.24. The second-order valence-corrected chi connectivity index (χ2v) is 6.01. The van der Waals surface area contributed by atoms with E-state index in [1.54, 1.807) is 0 Å². The zero-order valence-corrected chi connectivity index (χ0v) is 11.8. The molecule has 1 saturated heterocycles. The molecule has 0 saturated carbocycles. The third-order valence-corrected chi connectivity index (χ3v) is 3.58. The van der Waals surface area contributed by atoms with E-state index in [0.29, 0.717) is 0 Å². The summed E-state index contributed by atoms with van der Waals surface area (Å²) in [7, 11) is 0. The van der Waals surface area contributed by atoms with Crippen LogP contribution >= 0.6 is 0 Å². The summed E-state index contributed by atoms with van der Waals surface area (Å²) in [5, 5.41) is 3.37. The summed E-state index contributed by atoms with van der Waals surface area (Å²) in [5.74, 6) is 0. The summed E-state index contributed by atoms with van der Waals surface area (Å²) in [6.45, 7) is 15.2. The van der Waals surface area contributed by atoms with E-state index in [1.807, 2.05) is 0 Å². The molecule has 1 fully saturated rings. The van der Waals surface area contributed by atoms with E-state index in [-0.39, 0.29) is 5.41 Å². The van der Waals surface area contributed by atoms with Gasteiger partial charge in [-0.05, 0) is 16.5 Å². The van der Waals surface area contributed by atoms with Gasteiger partial charge in [0.25, 0.3) is 0 Å². The standard InChI is InChI=1S/C16H24N2/c1-13(18-11-9-17-10-12-18)14-5-7-15(8-6-14)16(2,3)4/h5-8,17H,1,9-12H2,2-4H3. The Hall–Kier alpha value is -1.28. The number of hydrogen-bond acceptors (Lipinski definition) is 2. The van der Waals surface area contributed by atoms with Gasteiger partial charge in [0.05, 0.1) is 0 Å². The Labute approximate surface area is 111 Å². The predicted molar refractivity (Wildman–Crippen MR) is 78.6 cm³/mol. The van der Waals surface area contributed by atoms with E-state index in [9.17, 15) is 0 Å². The van der Waals surface area contributed by atoms with E-state index in [1.165, 1.54) is 11.1 Å². The molecule has 0 bridgehead atoms. The minimum absolute atomic E-state index is 0.217. The van der Waals surface area contributed by atoms with Gasteiger partial charge in [-0.15, -0.1) is 0 Å². The van der Waals surface area contributed by atoms with Crippen LogP contribution in [0.25, 0.3) is 5.70 Å². The summed E-state index contributed by atoms with van der Waals surface area (Å²) in [6.07, 6.45) is 0. The molecule has 0 atom stereocenters. The Morgan fingerprint density at radius 1 is 1.11 bits per heavy atom. The van der Waals surface area contributed by atoms with Crippen molar-refractivity contribution < 1.29 is 0 Å². The molecule has 1 aromatic rings. The molecule has 1 N–H and O–H groups in total. The number of benzene rings is 1. The van der Waals surface area contributed by atoms with Crippen molar-refractivity contribution in [3.8, 4) is 0 Å². The first-order valence-electron chi connectivity index (χ1n) is 6.74. The van der Waals surface area contributed by atoms with Gasteiger partial charge in [0.2, 0.25) is 0 Å². The van der Waals surface area contributed by atoms with Gasteiger partial charge in [-0.3, -0.25) is 0 Å². The molecule has 0 aliphatic carbocycles. The minimum Gasteiger partial charge on any atom is -0.369 e. The fourth-order valence-electron chi connectivity index (χ4n) is 2.28. The second-order valence-electron chi connectivity index (χ2n) is 6.01. The lowest BCUT2D eigenvalue weighted by atomic mass is 9.86. The zero-order chi connectivity index (χ0) is 13.2. The van der Waals surface area contributed by atoms with Crippen molar-refractivity contribution in [3.63, 3.8) is 0 Å². The monoisotopic (exact) mass is 244 g/mol. The van der Waals surface area contributed by atoms with Gasteiger partial charge in [-0.1, -0.05) is 51.6 Å². The van der Waals surface area contributed by atoms with Crippen LogP contribution in [0.3, 0.4) is 0 Å². The molecular formula is C16H24N2. The van der Waals surface area contributed by atoms with Crippen molar-refractivity contribution in [2.75, 3.05) is 26.2 Å². The van der Waals surface area contributed by atoms with Gasteiger partial charge in [-0.25, -0.2) is 0 Å². The van der Waals surface area contributed by atoms with Crippen LogP contribution in [0.4, 0.5) is 0 Å². The number of rotatable bonds is 2. The Balaban J connectivity index is 2.11. The lowest BCUT2D eigenvalue weighted by Crippen LogP contribution is -2.42. The lowest BCUT2D eigenvalue weighted by Gasteiger charge is -2.31. The topological polar surface area (TPSA) is 15.3 Å². The average molecular weight is 244 g/mol. The van der Waals surface area contributed by atoms with Crippen molar-refractivity contribution in [2.24, 2.45) is 0 Å². The molecule has 2 nitrogen and oxygen atoms in total. The smallest absolute Gasteiger partial charge is 0.0367 e. The maximum Gasteiger partial charge on any atom is 0.0367 e. The first-order valence-corrected chi connectivity index (χ1v) is 6.74. The fourth-order valence-corrected chi connectivity index (χ4v) is 2.28. The second kappa shape index (κ2) is 5.15. The van der Waals surface area contributed by atoms with Gasteiger partial charge in [0.15, 0.2) is 0 Å². The van der Waals surface area contributed by atoms with Gasteiger partial charge >= 0.3 is 0 Å². The molecule has 1 aliphatic rings. The normalized spacial score (nSPS) is 16.7. The first-order chi connectivity index (χ1) is 8.48. The minimum atomic E-state index is 0.217. The Morgan fingerprint density at radius 2 is 1.67 bits per heavy atom.